The lowest BCUT2D eigenvalue weighted by atomic mass is 10.2. The Morgan fingerprint density at radius 1 is 1.28 bits per heavy atom. The molecule has 0 fully saturated rings. The highest BCUT2D eigenvalue weighted by molar-refractivity contribution is 6.39. The molecule has 2 N–H and O–H groups in total. The predicted octanol–water partition coefficient (Wildman–Crippen LogP) is 3.57. The van der Waals surface area contributed by atoms with Gasteiger partial charge in [-0.2, -0.15) is 0 Å². The average molecular weight is 289 g/mol. The number of para-hydroxylation sites is 1. The van der Waals surface area contributed by atoms with E-state index in [-0.39, 0.29) is 5.91 Å². The standard InChI is InChI=1S/C13H18Cl2N2O/c1-9(2)8-17-12(18)6-7-16-13-10(14)4-3-5-11(13)15/h3-5,9,16H,6-8H2,1-2H3,(H,17,18). The number of benzene rings is 1. The molecule has 1 amide bonds. The molecule has 0 aromatic heterocycles. The molecule has 3 nitrogen and oxygen atoms in total. The maximum absolute atomic E-state index is 11.5. The first kappa shape index (κ1) is 15.1. The first-order chi connectivity index (χ1) is 8.50. The van der Waals surface area contributed by atoms with Crippen LogP contribution in [0.3, 0.4) is 0 Å². The van der Waals surface area contributed by atoms with Crippen molar-refractivity contribution in [1.82, 2.24) is 5.32 Å². The highest BCUT2D eigenvalue weighted by atomic mass is 35.5. The van der Waals surface area contributed by atoms with Crippen LogP contribution in [0.25, 0.3) is 0 Å². The van der Waals surface area contributed by atoms with Crippen LogP contribution in [0.2, 0.25) is 10.0 Å². The summed E-state index contributed by atoms with van der Waals surface area (Å²) in [5, 5.41) is 7.05. The molecule has 0 spiro atoms. The normalized spacial score (nSPS) is 10.5. The SMILES string of the molecule is CC(C)CNC(=O)CCNc1c(Cl)cccc1Cl. The van der Waals surface area contributed by atoms with Crippen molar-refractivity contribution in [2.24, 2.45) is 5.92 Å². The van der Waals surface area contributed by atoms with Crippen LogP contribution in [-0.4, -0.2) is 19.0 Å². The number of hydrogen-bond acceptors (Lipinski definition) is 2. The van der Waals surface area contributed by atoms with Gasteiger partial charge < -0.3 is 10.6 Å². The molecule has 5 heteroatoms. The second-order valence-electron chi connectivity index (χ2n) is 4.47. The summed E-state index contributed by atoms with van der Waals surface area (Å²) >= 11 is 12.0. The fraction of sp³-hybridized carbons (Fsp3) is 0.462. The zero-order valence-electron chi connectivity index (χ0n) is 10.6. The summed E-state index contributed by atoms with van der Waals surface area (Å²) in [5.74, 6) is 0.485. The molecule has 0 aliphatic carbocycles. The van der Waals surface area contributed by atoms with E-state index in [1.54, 1.807) is 18.2 Å². The Bertz CT molecular complexity index is 388. The van der Waals surface area contributed by atoms with Crippen LogP contribution in [-0.2, 0) is 4.79 Å². The van der Waals surface area contributed by atoms with Crippen molar-refractivity contribution in [3.63, 3.8) is 0 Å². The first-order valence-electron chi connectivity index (χ1n) is 5.95. The first-order valence-corrected chi connectivity index (χ1v) is 6.71. The van der Waals surface area contributed by atoms with Crippen molar-refractivity contribution in [2.45, 2.75) is 20.3 Å². The van der Waals surface area contributed by atoms with Gasteiger partial charge in [0, 0.05) is 19.5 Å². The molecule has 18 heavy (non-hydrogen) atoms. The second kappa shape index (κ2) is 7.49. The Morgan fingerprint density at radius 3 is 2.44 bits per heavy atom. The van der Waals surface area contributed by atoms with Gasteiger partial charge in [0.05, 0.1) is 15.7 Å². The van der Waals surface area contributed by atoms with Gasteiger partial charge in [-0.3, -0.25) is 4.79 Å². The summed E-state index contributed by atoms with van der Waals surface area (Å²) in [6.07, 6.45) is 0.397. The minimum absolute atomic E-state index is 0.0272. The Balaban J connectivity index is 2.35. The molecule has 0 atom stereocenters. The lowest BCUT2D eigenvalue weighted by Crippen LogP contribution is -2.28. The van der Waals surface area contributed by atoms with Gasteiger partial charge in [0.25, 0.3) is 0 Å². The number of halogens is 2. The molecule has 0 radical (unpaired) electrons. The van der Waals surface area contributed by atoms with Crippen LogP contribution in [0.1, 0.15) is 20.3 Å². The second-order valence-corrected chi connectivity index (χ2v) is 5.29. The highest BCUT2D eigenvalue weighted by Crippen LogP contribution is 2.29. The Labute approximate surface area is 118 Å². The molecular formula is C13H18Cl2N2O. The van der Waals surface area contributed by atoms with Gasteiger partial charge >= 0.3 is 0 Å². The van der Waals surface area contributed by atoms with Crippen LogP contribution in [0.15, 0.2) is 18.2 Å². The third kappa shape index (κ3) is 5.15. The number of amides is 1. The largest absolute Gasteiger partial charge is 0.382 e. The smallest absolute Gasteiger partial charge is 0.221 e. The summed E-state index contributed by atoms with van der Waals surface area (Å²) < 4.78 is 0. The number of carbonyl (C=O) groups excluding carboxylic acids is 1. The third-order valence-corrected chi connectivity index (χ3v) is 2.95. The molecule has 100 valence electrons. The van der Waals surface area contributed by atoms with E-state index in [1.165, 1.54) is 0 Å². The molecule has 0 aliphatic rings. The monoisotopic (exact) mass is 288 g/mol. The number of rotatable bonds is 6. The maximum atomic E-state index is 11.5. The van der Waals surface area contributed by atoms with E-state index in [0.717, 1.165) is 0 Å². The number of hydrogen-bond donors (Lipinski definition) is 2. The minimum atomic E-state index is 0.0272. The molecular weight excluding hydrogens is 271 g/mol. The minimum Gasteiger partial charge on any atom is -0.382 e. The fourth-order valence-electron chi connectivity index (χ4n) is 1.37. The number of carbonyl (C=O) groups is 1. The van der Waals surface area contributed by atoms with Gasteiger partial charge in [-0.1, -0.05) is 43.1 Å². The van der Waals surface area contributed by atoms with Crippen molar-refractivity contribution in [3.8, 4) is 0 Å². The van der Waals surface area contributed by atoms with Crippen molar-refractivity contribution >= 4 is 34.8 Å². The molecule has 0 aliphatic heterocycles. The Kier molecular flexibility index (Phi) is 6.30. The summed E-state index contributed by atoms with van der Waals surface area (Å²) in [6.45, 7) is 5.32. The van der Waals surface area contributed by atoms with Crippen LogP contribution < -0.4 is 10.6 Å². The zero-order valence-corrected chi connectivity index (χ0v) is 12.1. The summed E-state index contributed by atoms with van der Waals surface area (Å²) in [5.41, 5.74) is 0.678. The van der Waals surface area contributed by atoms with Crippen molar-refractivity contribution in [3.05, 3.63) is 28.2 Å². The van der Waals surface area contributed by atoms with Crippen LogP contribution in [0.4, 0.5) is 5.69 Å². The third-order valence-electron chi connectivity index (χ3n) is 2.32. The molecule has 0 saturated heterocycles. The molecule has 0 saturated carbocycles. The van der Waals surface area contributed by atoms with E-state index in [2.05, 4.69) is 24.5 Å². The van der Waals surface area contributed by atoms with Gasteiger partial charge in [0.1, 0.15) is 0 Å². The summed E-state index contributed by atoms with van der Waals surface area (Å²) in [6, 6.07) is 5.30. The van der Waals surface area contributed by atoms with E-state index < -0.39 is 0 Å². The van der Waals surface area contributed by atoms with E-state index in [4.69, 9.17) is 23.2 Å². The quantitative estimate of drug-likeness (QED) is 0.840. The van der Waals surface area contributed by atoms with Crippen molar-refractivity contribution in [1.29, 1.82) is 0 Å². The van der Waals surface area contributed by atoms with Crippen LogP contribution in [0.5, 0.6) is 0 Å². The van der Waals surface area contributed by atoms with E-state index in [1.807, 2.05) is 0 Å². The summed E-state index contributed by atoms with van der Waals surface area (Å²) in [4.78, 5) is 11.5. The Hall–Kier alpha value is -0.930. The maximum Gasteiger partial charge on any atom is 0.221 e. The van der Waals surface area contributed by atoms with Crippen LogP contribution >= 0.6 is 23.2 Å². The van der Waals surface area contributed by atoms with E-state index >= 15 is 0 Å². The fourth-order valence-corrected chi connectivity index (χ4v) is 1.91. The molecule has 0 bridgehead atoms. The van der Waals surface area contributed by atoms with Gasteiger partial charge in [0.15, 0.2) is 0 Å². The summed E-state index contributed by atoms with van der Waals surface area (Å²) in [7, 11) is 0. The Morgan fingerprint density at radius 2 is 1.89 bits per heavy atom. The molecule has 1 rings (SSSR count). The number of anilines is 1. The molecule has 1 aromatic carbocycles. The topological polar surface area (TPSA) is 41.1 Å². The molecule has 1 aromatic rings. The van der Waals surface area contributed by atoms with Crippen molar-refractivity contribution < 1.29 is 4.79 Å². The van der Waals surface area contributed by atoms with Gasteiger partial charge in [-0.15, -0.1) is 0 Å². The molecule has 0 heterocycles. The lowest BCUT2D eigenvalue weighted by molar-refractivity contribution is -0.120. The zero-order chi connectivity index (χ0) is 13.5. The van der Waals surface area contributed by atoms with Crippen LogP contribution in [0, 0.1) is 5.92 Å². The van der Waals surface area contributed by atoms with Gasteiger partial charge in [-0.05, 0) is 18.1 Å². The van der Waals surface area contributed by atoms with E-state index in [9.17, 15) is 4.79 Å². The molecule has 0 unspecified atom stereocenters. The van der Waals surface area contributed by atoms with E-state index in [0.29, 0.717) is 41.2 Å². The van der Waals surface area contributed by atoms with Crippen molar-refractivity contribution in [2.75, 3.05) is 18.4 Å². The van der Waals surface area contributed by atoms with Gasteiger partial charge in [0.2, 0.25) is 5.91 Å². The number of nitrogens with one attached hydrogen (secondary N) is 2. The lowest BCUT2D eigenvalue weighted by Gasteiger charge is -2.11. The highest BCUT2D eigenvalue weighted by Gasteiger charge is 2.06. The van der Waals surface area contributed by atoms with Gasteiger partial charge in [-0.25, -0.2) is 0 Å². The predicted molar refractivity (Wildman–Crippen MR) is 77.4 cm³/mol. The average Bonchev–Trinajstić information content (AvgIpc) is 2.30.